The molecule has 0 unspecified atom stereocenters. The monoisotopic (exact) mass is 354 g/mol. The van der Waals surface area contributed by atoms with Gasteiger partial charge in [-0.05, 0) is 35.4 Å². The highest BCUT2D eigenvalue weighted by atomic mass is 16.6. The van der Waals surface area contributed by atoms with Crippen LogP contribution in [0.2, 0.25) is 0 Å². The number of amides is 1. The van der Waals surface area contributed by atoms with Gasteiger partial charge in [-0.25, -0.2) is 0 Å². The summed E-state index contributed by atoms with van der Waals surface area (Å²) in [5.74, 6) is 0.0578. The van der Waals surface area contributed by atoms with E-state index in [2.05, 4.69) is 45.0 Å². The molecule has 3 rings (SSSR count). The lowest BCUT2D eigenvalue weighted by atomic mass is 9.86. The molecule has 1 aliphatic rings. The van der Waals surface area contributed by atoms with Crippen molar-refractivity contribution in [2.75, 3.05) is 13.2 Å². The first-order chi connectivity index (χ1) is 12.4. The standard InChI is InChI=1S/C21H26N2O3/c1-21(2,3)17-11-9-16(10-12-17)18-7-6-13-22(18)19(24)15-26-20-8-4-5-14-23(20)25/h4-5,8-12,14,18H,6-7,13,15H2,1-3H3/t18-/m0/s1. The highest BCUT2D eigenvalue weighted by Crippen LogP contribution is 2.33. The molecular weight excluding hydrogens is 328 g/mol. The Balaban J connectivity index is 1.67. The zero-order chi connectivity index (χ0) is 18.7. The minimum absolute atomic E-state index is 0.0790. The Kier molecular flexibility index (Phi) is 5.16. The molecule has 2 aromatic rings. The van der Waals surface area contributed by atoms with Gasteiger partial charge in [0.1, 0.15) is 0 Å². The van der Waals surface area contributed by atoms with Crippen molar-refractivity contribution < 1.29 is 14.3 Å². The fourth-order valence-corrected chi connectivity index (χ4v) is 3.36. The summed E-state index contributed by atoms with van der Waals surface area (Å²) >= 11 is 0. The summed E-state index contributed by atoms with van der Waals surface area (Å²) in [5, 5.41) is 11.6. The van der Waals surface area contributed by atoms with E-state index in [0.29, 0.717) is 4.73 Å². The summed E-state index contributed by atoms with van der Waals surface area (Å²) in [6, 6.07) is 13.5. The van der Waals surface area contributed by atoms with Crippen LogP contribution in [0.4, 0.5) is 0 Å². The Morgan fingerprint density at radius 1 is 1.23 bits per heavy atom. The third-order valence-electron chi connectivity index (χ3n) is 4.87. The maximum absolute atomic E-state index is 12.6. The van der Waals surface area contributed by atoms with Crippen molar-refractivity contribution >= 4 is 5.91 Å². The normalized spacial score (nSPS) is 17.3. The zero-order valence-electron chi connectivity index (χ0n) is 15.6. The number of nitrogens with zero attached hydrogens (tertiary/aromatic N) is 2. The Hall–Kier alpha value is -2.56. The number of ether oxygens (including phenoxy) is 1. The summed E-state index contributed by atoms with van der Waals surface area (Å²) in [7, 11) is 0. The number of likely N-dealkylation sites (tertiary alicyclic amines) is 1. The van der Waals surface area contributed by atoms with E-state index in [9.17, 15) is 10.0 Å². The molecule has 0 spiro atoms. The molecule has 0 N–H and O–H groups in total. The van der Waals surface area contributed by atoms with Gasteiger partial charge in [-0.3, -0.25) is 4.79 Å². The first-order valence-corrected chi connectivity index (χ1v) is 9.07. The van der Waals surface area contributed by atoms with Crippen LogP contribution in [0.3, 0.4) is 0 Å². The summed E-state index contributed by atoms with van der Waals surface area (Å²) in [4.78, 5) is 14.5. The SMILES string of the molecule is CC(C)(C)c1ccc([C@@H]2CCCN2C(=O)COc2cccc[n+]2[O-])cc1. The van der Waals surface area contributed by atoms with Gasteiger partial charge in [0, 0.05) is 12.6 Å². The largest absolute Gasteiger partial charge is 0.616 e. The van der Waals surface area contributed by atoms with E-state index < -0.39 is 0 Å². The van der Waals surface area contributed by atoms with Gasteiger partial charge in [-0.15, -0.1) is 4.73 Å². The van der Waals surface area contributed by atoms with Crippen molar-refractivity contribution in [2.45, 2.75) is 45.1 Å². The summed E-state index contributed by atoms with van der Waals surface area (Å²) in [6.07, 6.45) is 3.28. The molecule has 1 aromatic heterocycles. The van der Waals surface area contributed by atoms with Crippen molar-refractivity contribution in [1.29, 1.82) is 0 Å². The van der Waals surface area contributed by atoms with Crippen LogP contribution >= 0.6 is 0 Å². The summed E-state index contributed by atoms with van der Waals surface area (Å²) in [5.41, 5.74) is 2.55. The Morgan fingerprint density at radius 3 is 2.62 bits per heavy atom. The molecule has 5 heteroatoms. The predicted octanol–water partition coefficient (Wildman–Crippen LogP) is 3.36. The lowest BCUT2D eigenvalue weighted by molar-refractivity contribution is -0.612. The number of carbonyl (C=O) groups excluding carboxylic acids is 1. The van der Waals surface area contributed by atoms with Crippen LogP contribution in [-0.4, -0.2) is 24.0 Å². The number of hydrogen-bond acceptors (Lipinski definition) is 3. The molecule has 1 aromatic carbocycles. The fraction of sp³-hybridized carbons (Fsp3) is 0.429. The molecule has 5 nitrogen and oxygen atoms in total. The van der Waals surface area contributed by atoms with Crippen molar-refractivity contribution in [1.82, 2.24) is 4.90 Å². The molecule has 0 bridgehead atoms. The van der Waals surface area contributed by atoms with E-state index in [0.717, 1.165) is 24.9 Å². The Bertz CT molecular complexity index is 766. The summed E-state index contributed by atoms with van der Waals surface area (Å²) in [6.45, 7) is 7.17. The van der Waals surface area contributed by atoms with Crippen LogP contribution in [0, 0.1) is 5.21 Å². The van der Waals surface area contributed by atoms with Crippen LogP contribution in [0.25, 0.3) is 0 Å². The molecule has 138 valence electrons. The third-order valence-corrected chi connectivity index (χ3v) is 4.87. The van der Waals surface area contributed by atoms with E-state index in [1.54, 1.807) is 18.2 Å². The first kappa shape index (κ1) is 18.2. The Morgan fingerprint density at radius 2 is 1.96 bits per heavy atom. The number of benzene rings is 1. The van der Waals surface area contributed by atoms with Gasteiger partial charge in [-0.1, -0.05) is 45.0 Å². The molecule has 0 saturated carbocycles. The van der Waals surface area contributed by atoms with Crippen molar-refractivity contribution in [3.8, 4) is 5.88 Å². The molecule has 1 amide bonds. The lowest BCUT2D eigenvalue weighted by Gasteiger charge is -2.26. The van der Waals surface area contributed by atoms with Crippen molar-refractivity contribution in [3.05, 3.63) is 65.0 Å². The molecule has 1 fully saturated rings. The van der Waals surface area contributed by atoms with Gasteiger partial charge in [0.25, 0.3) is 5.91 Å². The number of aromatic nitrogens is 1. The predicted molar refractivity (Wildman–Crippen MR) is 99.7 cm³/mol. The molecule has 1 saturated heterocycles. The molecule has 26 heavy (non-hydrogen) atoms. The topological polar surface area (TPSA) is 56.5 Å². The number of carbonyl (C=O) groups is 1. The maximum Gasteiger partial charge on any atom is 0.379 e. The van der Waals surface area contributed by atoms with Crippen LogP contribution < -0.4 is 9.47 Å². The lowest BCUT2D eigenvalue weighted by Crippen LogP contribution is -2.36. The molecule has 2 heterocycles. The van der Waals surface area contributed by atoms with E-state index in [-0.39, 0.29) is 29.9 Å². The van der Waals surface area contributed by atoms with E-state index in [1.165, 1.54) is 11.8 Å². The van der Waals surface area contributed by atoms with Gasteiger partial charge in [0.2, 0.25) is 0 Å². The van der Waals surface area contributed by atoms with E-state index in [1.807, 2.05) is 4.90 Å². The third kappa shape index (κ3) is 3.98. The van der Waals surface area contributed by atoms with Gasteiger partial charge in [0.15, 0.2) is 12.8 Å². The van der Waals surface area contributed by atoms with Crippen LogP contribution in [0.5, 0.6) is 5.88 Å². The molecule has 0 radical (unpaired) electrons. The quantitative estimate of drug-likeness (QED) is 0.625. The molecule has 1 aliphatic heterocycles. The van der Waals surface area contributed by atoms with E-state index >= 15 is 0 Å². The average Bonchev–Trinajstić information content (AvgIpc) is 3.10. The number of hydrogen-bond donors (Lipinski definition) is 0. The van der Waals surface area contributed by atoms with Crippen molar-refractivity contribution in [2.24, 2.45) is 0 Å². The minimum Gasteiger partial charge on any atom is -0.616 e. The number of rotatable bonds is 4. The average molecular weight is 354 g/mol. The molecule has 1 atom stereocenters. The summed E-state index contributed by atoms with van der Waals surface area (Å²) < 4.78 is 6.04. The molecular formula is C21H26N2O3. The highest BCUT2D eigenvalue weighted by Gasteiger charge is 2.30. The molecule has 0 aliphatic carbocycles. The van der Waals surface area contributed by atoms with Gasteiger partial charge in [0.05, 0.1) is 12.1 Å². The van der Waals surface area contributed by atoms with Crippen LogP contribution in [0.1, 0.15) is 50.8 Å². The zero-order valence-corrected chi connectivity index (χ0v) is 15.6. The minimum atomic E-state index is -0.122. The van der Waals surface area contributed by atoms with Gasteiger partial charge >= 0.3 is 5.88 Å². The fourth-order valence-electron chi connectivity index (χ4n) is 3.36. The van der Waals surface area contributed by atoms with Crippen LogP contribution in [-0.2, 0) is 10.2 Å². The van der Waals surface area contributed by atoms with E-state index in [4.69, 9.17) is 4.74 Å². The van der Waals surface area contributed by atoms with Gasteiger partial charge in [-0.2, -0.15) is 0 Å². The second-order valence-corrected chi connectivity index (χ2v) is 7.77. The second-order valence-electron chi connectivity index (χ2n) is 7.77. The number of pyridine rings is 1. The van der Waals surface area contributed by atoms with Crippen LogP contribution in [0.15, 0.2) is 48.7 Å². The van der Waals surface area contributed by atoms with Crippen molar-refractivity contribution in [3.63, 3.8) is 0 Å². The second kappa shape index (κ2) is 7.36. The maximum atomic E-state index is 12.6. The smallest absolute Gasteiger partial charge is 0.379 e. The first-order valence-electron chi connectivity index (χ1n) is 9.07. The van der Waals surface area contributed by atoms with Gasteiger partial charge < -0.3 is 14.8 Å². The highest BCUT2D eigenvalue weighted by molar-refractivity contribution is 5.78. The Labute approximate surface area is 154 Å².